The third-order valence-electron chi connectivity index (χ3n) is 6.41. The van der Waals surface area contributed by atoms with E-state index in [1.54, 1.807) is 0 Å². The zero-order valence-corrected chi connectivity index (χ0v) is 15.2. The molecule has 4 rings (SSSR count). The summed E-state index contributed by atoms with van der Waals surface area (Å²) in [5.74, 6) is 0.386. The molecule has 0 radical (unpaired) electrons. The summed E-state index contributed by atoms with van der Waals surface area (Å²) < 4.78 is 0. The van der Waals surface area contributed by atoms with E-state index in [0.717, 1.165) is 64.1 Å². The topological polar surface area (TPSA) is 39.7 Å². The number of pyridine rings is 1. The van der Waals surface area contributed by atoms with Gasteiger partial charge in [0, 0.05) is 50.9 Å². The van der Waals surface area contributed by atoms with Crippen LogP contribution < -0.4 is 0 Å². The van der Waals surface area contributed by atoms with E-state index in [4.69, 9.17) is 0 Å². The summed E-state index contributed by atoms with van der Waals surface area (Å²) in [7, 11) is 0. The molecule has 0 atom stereocenters. The Morgan fingerprint density at radius 2 is 1.76 bits per heavy atom. The minimum atomic E-state index is 0.136. The molecule has 136 valence electrons. The average molecular weight is 342 g/mol. The summed E-state index contributed by atoms with van der Waals surface area (Å²) in [5.41, 5.74) is 1.28. The number of nitrogens with zero attached hydrogens (tertiary/aromatic N) is 4. The van der Waals surface area contributed by atoms with Crippen LogP contribution in [0.25, 0.3) is 0 Å². The fraction of sp³-hybridized carbons (Fsp3) is 0.700. The van der Waals surface area contributed by atoms with Gasteiger partial charge in [-0.3, -0.25) is 14.7 Å². The van der Waals surface area contributed by atoms with E-state index in [2.05, 4.69) is 31.8 Å². The van der Waals surface area contributed by atoms with Crippen molar-refractivity contribution < 1.29 is 4.79 Å². The van der Waals surface area contributed by atoms with Gasteiger partial charge in [0.15, 0.2) is 0 Å². The van der Waals surface area contributed by atoms with Crippen molar-refractivity contribution in [1.82, 2.24) is 19.7 Å². The Hall–Kier alpha value is -1.46. The van der Waals surface area contributed by atoms with Crippen molar-refractivity contribution >= 4 is 5.91 Å². The fourth-order valence-corrected chi connectivity index (χ4v) is 4.85. The molecule has 1 aromatic heterocycles. The van der Waals surface area contributed by atoms with Crippen LogP contribution in [0.2, 0.25) is 0 Å². The molecule has 25 heavy (non-hydrogen) atoms. The molecule has 0 saturated carbocycles. The molecule has 5 heteroatoms. The molecule has 3 fully saturated rings. The highest BCUT2D eigenvalue weighted by atomic mass is 16.2. The van der Waals surface area contributed by atoms with Crippen LogP contribution in [0.5, 0.6) is 0 Å². The highest BCUT2D eigenvalue weighted by Gasteiger charge is 2.46. The van der Waals surface area contributed by atoms with Crippen molar-refractivity contribution in [1.29, 1.82) is 0 Å². The van der Waals surface area contributed by atoms with E-state index in [-0.39, 0.29) is 5.54 Å². The minimum absolute atomic E-state index is 0.136. The molecule has 0 N–H and O–H groups in total. The van der Waals surface area contributed by atoms with Gasteiger partial charge in [-0.1, -0.05) is 6.07 Å². The van der Waals surface area contributed by atoms with Crippen LogP contribution >= 0.6 is 0 Å². The summed E-state index contributed by atoms with van der Waals surface area (Å²) in [5, 5.41) is 0. The smallest absolute Gasteiger partial charge is 0.223 e. The summed E-state index contributed by atoms with van der Waals surface area (Å²) in [4.78, 5) is 24.2. The molecule has 0 unspecified atom stereocenters. The Kier molecular flexibility index (Phi) is 5.04. The van der Waals surface area contributed by atoms with Gasteiger partial charge in [0.1, 0.15) is 0 Å². The Morgan fingerprint density at radius 3 is 2.48 bits per heavy atom. The second kappa shape index (κ2) is 7.42. The normalized spacial score (nSPS) is 24.5. The third kappa shape index (κ3) is 3.72. The Balaban J connectivity index is 1.34. The van der Waals surface area contributed by atoms with Gasteiger partial charge in [-0.25, -0.2) is 0 Å². The van der Waals surface area contributed by atoms with E-state index in [1.807, 2.05) is 12.3 Å². The number of rotatable bonds is 5. The van der Waals surface area contributed by atoms with Gasteiger partial charge in [-0.05, 0) is 57.3 Å². The number of amides is 1. The van der Waals surface area contributed by atoms with Gasteiger partial charge in [-0.15, -0.1) is 0 Å². The largest absolute Gasteiger partial charge is 0.336 e. The lowest BCUT2D eigenvalue weighted by Crippen LogP contribution is -2.54. The number of carbonyl (C=O) groups is 1. The summed E-state index contributed by atoms with van der Waals surface area (Å²) >= 11 is 0. The molecular weight excluding hydrogens is 312 g/mol. The van der Waals surface area contributed by atoms with Gasteiger partial charge in [-0.2, -0.15) is 0 Å². The predicted molar refractivity (Wildman–Crippen MR) is 98.1 cm³/mol. The second-order valence-corrected chi connectivity index (χ2v) is 7.92. The van der Waals surface area contributed by atoms with Crippen molar-refractivity contribution in [2.75, 3.05) is 39.3 Å². The van der Waals surface area contributed by atoms with Gasteiger partial charge in [0.2, 0.25) is 5.91 Å². The van der Waals surface area contributed by atoms with Gasteiger partial charge >= 0.3 is 0 Å². The molecule has 5 nitrogen and oxygen atoms in total. The zero-order chi connectivity index (χ0) is 17.1. The minimum Gasteiger partial charge on any atom is -0.336 e. The molecule has 3 saturated heterocycles. The molecule has 1 aromatic rings. The summed E-state index contributed by atoms with van der Waals surface area (Å²) in [6.45, 7) is 7.50. The monoisotopic (exact) mass is 342 g/mol. The standard InChI is InChI=1S/C20H30N4O/c25-19-6-7-20(24(19)16-15-22-11-3-4-12-22)8-13-23(14-9-20)17-18-5-1-2-10-21-18/h1-2,5,10H,3-4,6-9,11-17H2. The molecule has 0 aliphatic carbocycles. The van der Waals surface area contributed by atoms with Crippen molar-refractivity contribution in [3.63, 3.8) is 0 Å². The van der Waals surface area contributed by atoms with Gasteiger partial charge < -0.3 is 9.80 Å². The predicted octanol–water partition coefficient (Wildman–Crippen LogP) is 2.13. The summed E-state index contributed by atoms with van der Waals surface area (Å²) in [6, 6.07) is 6.13. The number of likely N-dealkylation sites (tertiary alicyclic amines) is 3. The van der Waals surface area contributed by atoms with Crippen LogP contribution in [0, 0.1) is 0 Å². The van der Waals surface area contributed by atoms with Crippen LogP contribution in [0.3, 0.4) is 0 Å². The highest BCUT2D eigenvalue weighted by Crippen LogP contribution is 2.39. The first kappa shape index (κ1) is 17.0. The van der Waals surface area contributed by atoms with E-state index < -0.39 is 0 Å². The molecule has 1 amide bonds. The lowest BCUT2D eigenvalue weighted by molar-refractivity contribution is -0.132. The van der Waals surface area contributed by atoms with Crippen LogP contribution in [0.15, 0.2) is 24.4 Å². The molecule has 3 aliphatic rings. The van der Waals surface area contributed by atoms with E-state index >= 15 is 0 Å². The zero-order valence-electron chi connectivity index (χ0n) is 15.2. The highest BCUT2D eigenvalue weighted by molar-refractivity contribution is 5.79. The molecule has 0 bridgehead atoms. The molecular formula is C20H30N4O. The average Bonchev–Trinajstić information content (AvgIpc) is 3.26. The number of hydrogen-bond donors (Lipinski definition) is 0. The maximum atomic E-state index is 12.5. The number of hydrogen-bond acceptors (Lipinski definition) is 4. The van der Waals surface area contributed by atoms with Gasteiger partial charge in [0.25, 0.3) is 0 Å². The second-order valence-electron chi connectivity index (χ2n) is 7.92. The fourth-order valence-electron chi connectivity index (χ4n) is 4.85. The third-order valence-corrected chi connectivity index (χ3v) is 6.41. The number of piperidine rings is 1. The number of aromatic nitrogens is 1. The Bertz CT molecular complexity index is 577. The first-order valence-corrected chi connectivity index (χ1v) is 9.90. The van der Waals surface area contributed by atoms with Crippen molar-refractivity contribution in [2.45, 2.75) is 50.6 Å². The van der Waals surface area contributed by atoms with Crippen LogP contribution in [0.1, 0.15) is 44.2 Å². The Labute approximate surface area is 151 Å². The van der Waals surface area contributed by atoms with Crippen LogP contribution in [-0.4, -0.2) is 70.4 Å². The molecule has 3 aliphatic heterocycles. The maximum Gasteiger partial charge on any atom is 0.223 e. The first-order chi connectivity index (χ1) is 12.3. The van der Waals surface area contributed by atoms with Crippen LogP contribution in [-0.2, 0) is 11.3 Å². The van der Waals surface area contributed by atoms with E-state index in [0.29, 0.717) is 5.91 Å². The first-order valence-electron chi connectivity index (χ1n) is 9.90. The van der Waals surface area contributed by atoms with Gasteiger partial charge in [0.05, 0.1) is 5.69 Å². The molecule has 4 heterocycles. The maximum absolute atomic E-state index is 12.5. The Morgan fingerprint density at radius 1 is 0.960 bits per heavy atom. The lowest BCUT2D eigenvalue weighted by atomic mass is 9.85. The van der Waals surface area contributed by atoms with E-state index in [9.17, 15) is 4.79 Å². The van der Waals surface area contributed by atoms with Crippen LogP contribution in [0.4, 0.5) is 0 Å². The quantitative estimate of drug-likeness (QED) is 0.822. The van der Waals surface area contributed by atoms with Crippen molar-refractivity contribution in [2.24, 2.45) is 0 Å². The molecule has 1 spiro atoms. The SMILES string of the molecule is O=C1CCC2(CCN(Cc3ccccn3)CC2)N1CCN1CCCC1. The van der Waals surface area contributed by atoms with Crippen molar-refractivity contribution in [3.8, 4) is 0 Å². The summed E-state index contributed by atoms with van der Waals surface area (Å²) in [6.07, 6.45) is 8.56. The van der Waals surface area contributed by atoms with E-state index in [1.165, 1.54) is 25.9 Å². The molecule has 0 aromatic carbocycles. The number of carbonyl (C=O) groups excluding carboxylic acids is 1. The van der Waals surface area contributed by atoms with Crippen molar-refractivity contribution in [3.05, 3.63) is 30.1 Å². The lowest BCUT2D eigenvalue weighted by Gasteiger charge is -2.45.